The van der Waals surface area contributed by atoms with Crippen LogP contribution in [0.1, 0.15) is 16.1 Å². The Labute approximate surface area is 113 Å². The number of nitrogens with one attached hydrogen (secondary N) is 2. The van der Waals surface area contributed by atoms with Gasteiger partial charge in [0.25, 0.3) is 5.91 Å². The van der Waals surface area contributed by atoms with Crippen LogP contribution in [0.15, 0.2) is 30.3 Å². The van der Waals surface area contributed by atoms with Crippen molar-refractivity contribution < 1.29 is 13.6 Å². The molecular weight excluding hydrogens is 268 g/mol. The summed E-state index contributed by atoms with van der Waals surface area (Å²) in [6, 6.07) is 6.31. The van der Waals surface area contributed by atoms with Gasteiger partial charge in [0.1, 0.15) is 0 Å². The lowest BCUT2D eigenvalue weighted by Gasteiger charge is -2.05. The number of hydrogen-bond donors (Lipinski definition) is 3. The molecule has 0 saturated heterocycles. The van der Waals surface area contributed by atoms with Crippen molar-refractivity contribution in [2.75, 3.05) is 5.43 Å². The summed E-state index contributed by atoms with van der Waals surface area (Å²) in [5, 5.41) is 9.81. The van der Waals surface area contributed by atoms with E-state index in [-0.39, 0.29) is 12.2 Å². The number of aromatic nitrogens is 2. The van der Waals surface area contributed by atoms with Crippen molar-refractivity contribution in [2.24, 2.45) is 5.84 Å². The zero-order valence-electron chi connectivity index (χ0n) is 10.2. The molecule has 0 saturated carbocycles. The molecule has 20 heavy (non-hydrogen) atoms. The molecular formula is C12H11F2N5O. The fraction of sp³-hybridized carbons (Fsp3) is 0.0833. The van der Waals surface area contributed by atoms with Gasteiger partial charge in [0.05, 0.1) is 0 Å². The van der Waals surface area contributed by atoms with Gasteiger partial charge in [-0.3, -0.25) is 4.79 Å². The first-order valence-corrected chi connectivity index (χ1v) is 5.62. The van der Waals surface area contributed by atoms with E-state index in [1.807, 2.05) is 0 Å². The molecule has 1 aromatic carbocycles. The molecule has 1 amide bonds. The Morgan fingerprint density at radius 1 is 1.15 bits per heavy atom. The van der Waals surface area contributed by atoms with Crippen LogP contribution in [0.3, 0.4) is 0 Å². The normalized spacial score (nSPS) is 10.2. The van der Waals surface area contributed by atoms with Gasteiger partial charge < -0.3 is 10.7 Å². The standard InChI is InChI=1S/C12H11F2N5O/c13-8-2-1-7(5-9(8)14)6-16-12(20)10-3-4-11(17-15)19-18-10/h1-5H,6,15H2,(H,16,20)(H,17,19). The van der Waals surface area contributed by atoms with Crippen molar-refractivity contribution >= 4 is 11.7 Å². The number of hydrazine groups is 1. The predicted molar refractivity (Wildman–Crippen MR) is 67.4 cm³/mol. The minimum atomic E-state index is -0.963. The number of nitrogens with two attached hydrogens (primary N) is 1. The number of nitrogens with zero attached hydrogens (tertiary/aromatic N) is 2. The molecule has 104 valence electrons. The molecule has 4 N–H and O–H groups in total. The third kappa shape index (κ3) is 3.23. The van der Waals surface area contributed by atoms with Gasteiger partial charge in [-0.15, -0.1) is 10.2 Å². The fourth-order valence-corrected chi connectivity index (χ4v) is 1.45. The van der Waals surface area contributed by atoms with Crippen molar-refractivity contribution in [3.63, 3.8) is 0 Å². The van der Waals surface area contributed by atoms with Gasteiger partial charge in [-0.2, -0.15) is 0 Å². The van der Waals surface area contributed by atoms with Gasteiger partial charge in [0.15, 0.2) is 23.1 Å². The lowest BCUT2D eigenvalue weighted by Crippen LogP contribution is -2.24. The van der Waals surface area contributed by atoms with E-state index in [9.17, 15) is 13.6 Å². The molecule has 1 heterocycles. The van der Waals surface area contributed by atoms with Crippen LogP contribution in [0.2, 0.25) is 0 Å². The van der Waals surface area contributed by atoms with Gasteiger partial charge in [-0.05, 0) is 29.8 Å². The second-order valence-electron chi connectivity index (χ2n) is 3.88. The third-order valence-electron chi connectivity index (χ3n) is 2.48. The van der Waals surface area contributed by atoms with E-state index in [4.69, 9.17) is 5.84 Å². The summed E-state index contributed by atoms with van der Waals surface area (Å²) in [7, 11) is 0. The monoisotopic (exact) mass is 279 g/mol. The molecule has 0 aliphatic carbocycles. The number of benzene rings is 1. The maximum atomic E-state index is 13.0. The number of rotatable bonds is 4. The van der Waals surface area contributed by atoms with E-state index in [2.05, 4.69) is 20.9 Å². The summed E-state index contributed by atoms with van der Waals surface area (Å²) in [5.74, 6) is 3.06. The van der Waals surface area contributed by atoms with Gasteiger partial charge in [0.2, 0.25) is 0 Å². The van der Waals surface area contributed by atoms with Gasteiger partial charge >= 0.3 is 0 Å². The lowest BCUT2D eigenvalue weighted by molar-refractivity contribution is 0.0945. The second-order valence-corrected chi connectivity index (χ2v) is 3.88. The molecule has 2 rings (SSSR count). The maximum absolute atomic E-state index is 13.0. The molecule has 0 bridgehead atoms. The van der Waals surface area contributed by atoms with Crippen molar-refractivity contribution in [1.29, 1.82) is 0 Å². The van der Waals surface area contributed by atoms with E-state index in [0.29, 0.717) is 11.4 Å². The zero-order chi connectivity index (χ0) is 14.5. The van der Waals surface area contributed by atoms with Crippen LogP contribution in [0.25, 0.3) is 0 Å². The smallest absolute Gasteiger partial charge is 0.272 e. The molecule has 6 nitrogen and oxygen atoms in total. The third-order valence-corrected chi connectivity index (χ3v) is 2.48. The van der Waals surface area contributed by atoms with Crippen LogP contribution >= 0.6 is 0 Å². The minimum absolute atomic E-state index is 0.0502. The molecule has 8 heteroatoms. The van der Waals surface area contributed by atoms with E-state index < -0.39 is 17.5 Å². The average molecular weight is 279 g/mol. The highest BCUT2D eigenvalue weighted by atomic mass is 19.2. The number of carbonyl (C=O) groups excluding carboxylic acids is 1. The first-order chi connectivity index (χ1) is 9.60. The van der Waals surface area contributed by atoms with E-state index in [0.717, 1.165) is 12.1 Å². The van der Waals surface area contributed by atoms with E-state index in [1.165, 1.54) is 18.2 Å². The van der Waals surface area contributed by atoms with Crippen LogP contribution in [0, 0.1) is 11.6 Å². The highest BCUT2D eigenvalue weighted by molar-refractivity contribution is 5.92. The summed E-state index contributed by atoms with van der Waals surface area (Å²) in [6.45, 7) is 0.0502. The van der Waals surface area contributed by atoms with Crippen molar-refractivity contribution in [3.8, 4) is 0 Å². The average Bonchev–Trinajstić information content (AvgIpc) is 2.48. The van der Waals surface area contributed by atoms with Gasteiger partial charge in [-0.1, -0.05) is 6.07 Å². The van der Waals surface area contributed by atoms with E-state index in [1.54, 1.807) is 0 Å². The lowest BCUT2D eigenvalue weighted by atomic mass is 10.2. The maximum Gasteiger partial charge on any atom is 0.272 e. The Morgan fingerprint density at radius 2 is 1.95 bits per heavy atom. The van der Waals surface area contributed by atoms with Crippen LogP contribution < -0.4 is 16.6 Å². The highest BCUT2D eigenvalue weighted by Gasteiger charge is 2.09. The number of carbonyl (C=O) groups is 1. The number of nitrogen functional groups attached to an aromatic ring is 1. The Hall–Kier alpha value is -2.61. The van der Waals surface area contributed by atoms with Crippen molar-refractivity contribution in [2.45, 2.75) is 6.54 Å². The van der Waals surface area contributed by atoms with E-state index >= 15 is 0 Å². The minimum Gasteiger partial charge on any atom is -0.347 e. The summed E-state index contributed by atoms with van der Waals surface area (Å²) in [6.07, 6.45) is 0. The number of halogens is 2. The molecule has 1 aromatic heterocycles. The Bertz CT molecular complexity index is 618. The van der Waals surface area contributed by atoms with Crippen molar-refractivity contribution in [3.05, 3.63) is 53.2 Å². The topological polar surface area (TPSA) is 92.9 Å². The predicted octanol–water partition coefficient (Wildman–Crippen LogP) is 0.970. The second kappa shape index (κ2) is 6.02. The summed E-state index contributed by atoms with van der Waals surface area (Å²) >= 11 is 0. The first-order valence-electron chi connectivity index (χ1n) is 5.62. The summed E-state index contributed by atoms with van der Waals surface area (Å²) in [4.78, 5) is 11.7. The highest BCUT2D eigenvalue weighted by Crippen LogP contribution is 2.08. The van der Waals surface area contributed by atoms with Crippen LogP contribution in [-0.2, 0) is 6.54 Å². The SMILES string of the molecule is NNc1ccc(C(=O)NCc2ccc(F)c(F)c2)nn1. The quantitative estimate of drug-likeness (QED) is 0.573. The summed E-state index contributed by atoms with van der Waals surface area (Å²) < 4.78 is 25.7. The Kier molecular flexibility index (Phi) is 4.16. The molecule has 0 aliphatic heterocycles. The molecule has 0 spiro atoms. The van der Waals surface area contributed by atoms with Gasteiger partial charge in [0, 0.05) is 6.54 Å². The largest absolute Gasteiger partial charge is 0.347 e. The number of anilines is 1. The first kappa shape index (κ1) is 13.8. The molecule has 0 unspecified atom stereocenters. The van der Waals surface area contributed by atoms with Crippen LogP contribution in [-0.4, -0.2) is 16.1 Å². The number of amides is 1. The fourth-order valence-electron chi connectivity index (χ4n) is 1.45. The van der Waals surface area contributed by atoms with Crippen LogP contribution in [0.5, 0.6) is 0 Å². The summed E-state index contributed by atoms with van der Waals surface area (Å²) in [5.41, 5.74) is 2.80. The van der Waals surface area contributed by atoms with Crippen LogP contribution in [0.4, 0.5) is 14.6 Å². The molecule has 0 fully saturated rings. The number of hydrogen-bond acceptors (Lipinski definition) is 5. The Morgan fingerprint density at radius 3 is 2.55 bits per heavy atom. The van der Waals surface area contributed by atoms with Crippen molar-refractivity contribution in [1.82, 2.24) is 15.5 Å². The molecule has 0 aliphatic rings. The zero-order valence-corrected chi connectivity index (χ0v) is 10.2. The molecule has 0 atom stereocenters. The Balaban J connectivity index is 1.98. The molecule has 2 aromatic rings. The molecule has 0 radical (unpaired) electrons. The van der Waals surface area contributed by atoms with Gasteiger partial charge in [-0.25, -0.2) is 14.6 Å².